The number of carbonyl (C=O) groups excluding carboxylic acids is 1. The second-order valence-corrected chi connectivity index (χ2v) is 8.37. The monoisotopic (exact) mass is 499 g/mol. The number of carbonyl (C=O) groups is 2. The first-order valence-corrected chi connectivity index (χ1v) is 11.4. The van der Waals surface area contributed by atoms with Crippen molar-refractivity contribution in [3.63, 3.8) is 0 Å². The van der Waals surface area contributed by atoms with E-state index in [1.807, 2.05) is 53.1 Å². The van der Waals surface area contributed by atoms with Gasteiger partial charge in [-0.1, -0.05) is 25.0 Å². The lowest BCUT2D eigenvalue weighted by atomic mass is 10.2. The lowest BCUT2D eigenvalue weighted by Gasteiger charge is -2.08. The first-order valence-electron chi connectivity index (χ1n) is 11.4. The van der Waals surface area contributed by atoms with E-state index >= 15 is 0 Å². The zero-order valence-corrected chi connectivity index (χ0v) is 19.2. The van der Waals surface area contributed by atoms with Gasteiger partial charge < -0.3 is 14.8 Å². The van der Waals surface area contributed by atoms with E-state index in [0.717, 1.165) is 22.5 Å². The molecule has 0 unspecified atom stereocenters. The fourth-order valence-corrected chi connectivity index (χ4v) is 4.16. The van der Waals surface area contributed by atoms with Crippen molar-refractivity contribution in [3.8, 4) is 11.4 Å². The van der Waals surface area contributed by atoms with Crippen LogP contribution >= 0.6 is 0 Å². The summed E-state index contributed by atoms with van der Waals surface area (Å²) in [6.45, 7) is 0.447. The Morgan fingerprint density at radius 1 is 1.08 bits per heavy atom. The van der Waals surface area contributed by atoms with Crippen molar-refractivity contribution in [1.29, 1.82) is 0 Å². The molecule has 1 fully saturated rings. The van der Waals surface area contributed by atoms with Crippen molar-refractivity contribution >= 4 is 17.4 Å². The van der Waals surface area contributed by atoms with E-state index in [9.17, 15) is 18.0 Å². The molecule has 0 aromatic carbocycles. The average molecular weight is 499 g/mol. The van der Waals surface area contributed by atoms with Gasteiger partial charge in [0.25, 0.3) is 5.91 Å². The number of carboxylic acids is 1. The third-order valence-corrected chi connectivity index (χ3v) is 5.91. The van der Waals surface area contributed by atoms with E-state index in [4.69, 9.17) is 15.0 Å². The standard InChI is InChI=1S/C23H23N5O.C2HF3O2/c29-23(25-16-17-6-5-11-24-15-17)19-14-22(27-12-4-3-9-21(19)27)20-10-13-28(26-20)18-7-1-2-8-18;3-2(4,5)1(6)7/h3-6,9-15,18H,1-2,7-8,16H2,(H,25,29);(H,6,7). The maximum Gasteiger partial charge on any atom is 0.490 e. The smallest absolute Gasteiger partial charge is 0.475 e. The van der Waals surface area contributed by atoms with E-state index in [1.54, 1.807) is 12.4 Å². The number of halogens is 3. The van der Waals surface area contributed by atoms with E-state index in [-0.39, 0.29) is 5.91 Å². The Kier molecular flexibility index (Phi) is 7.37. The first-order chi connectivity index (χ1) is 17.2. The number of pyridine rings is 2. The number of aliphatic carboxylic acids is 1. The van der Waals surface area contributed by atoms with Gasteiger partial charge in [0.2, 0.25) is 0 Å². The van der Waals surface area contributed by atoms with Gasteiger partial charge in [-0.2, -0.15) is 18.3 Å². The fraction of sp³-hybridized carbons (Fsp3) is 0.280. The van der Waals surface area contributed by atoms with Gasteiger partial charge in [-0.25, -0.2) is 4.79 Å². The summed E-state index contributed by atoms with van der Waals surface area (Å²) < 4.78 is 35.9. The van der Waals surface area contributed by atoms with E-state index in [1.165, 1.54) is 25.7 Å². The van der Waals surface area contributed by atoms with Gasteiger partial charge in [-0.3, -0.25) is 14.5 Å². The number of nitrogens with one attached hydrogen (secondary N) is 1. The number of hydrogen-bond donors (Lipinski definition) is 2. The first kappa shape index (κ1) is 25.0. The zero-order chi connectivity index (χ0) is 25.7. The Hall–Kier alpha value is -4.15. The van der Waals surface area contributed by atoms with Gasteiger partial charge in [-0.15, -0.1) is 0 Å². The second kappa shape index (κ2) is 10.6. The molecule has 5 rings (SSSR count). The minimum absolute atomic E-state index is 0.0981. The largest absolute Gasteiger partial charge is 0.490 e. The molecule has 2 N–H and O–H groups in total. The van der Waals surface area contributed by atoms with Crippen LogP contribution in [0.5, 0.6) is 0 Å². The number of alkyl halides is 3. The molecule has 1 aliphatic carbocycles. The van der Waals surface area contributed by atoms with E-state index in [0.29, 0.717) is 18.2 Å². The maximum absolute atomic E-state index is 12.9. The highest BCUT2D eigenvalue weighted by atomic mass is 19.4. The third-order valence-electron chi connectivity index (χ3n) is 5.91. The predicted octanol–water partition coefficient (Wildman–Crippen LogP) is 4.88. The molecule has 0 atom stereocenters. The molecule has 1 saturated carbocycles. The molecule has 4 aromatic heterocycles. The van der Waals surface area contributed by atoms with Gasteiger partial charge in [0.05, 0.1) is 22.8 Å². The summed E-state index contributed by atoms with van der Waals surface area (Å²) in [5, 5.41) is 15.0. The number of amides is 1. The number of aromatic nitrogens is 4. The highest BCUT2D eigenvalue weighted by Gasteiger charge is 2.38. The molecule has 0 aliphatic heterocycles. The molecule has 0 saturated heterocycles. The van der Waals surface area contributed by atoms with Crippen LogP contribution in [-0.4, -0.2) is 42.3 Å². The fourth-order valence-electron chi connectivity index (χ4n) is 4.16. The molecular formula is C25H24F3N5O3. The molecule has 1 amide bonds. The molecule has 0 bridgehead atoms. The van der Waals surface area contributed by atoms with Crippen LogP contribution in [0.1, 0.15) is 47.6 Å². The Morgan fingerprint density at radius 3 is 2.50 bits per heavy atom. The zero-order valence-electron chi connectivity index (χ0n) is 19.2. The Balaban J connectivity index is 0.000000384. The summed E-state index contributed by atoms with van der Waals surface area (Å²) in [6, 6.07) is 14.2. The van der Waals surface area contributed by atoms with Crippen molar-refractivity contribution in [2.75, 3.05) is 0 Å². The van der Waals surface area contributed by atoms with Crippen LogP contribution in [0.4, 0.5) is 13.2 Å². The van der Waals surface area contributed by atoms with Crippen molar-refractivity contribution < 1.29 is 27.9 Å². The SMILES string of the molecule is O=C(NCc1cccnc1)c1cc(-c2ccn(C3CCCC3)n2)n2ccccc12.O=C(O)C(F)(F)F. The van der Waals surface area contributed by atoms with Crippen LogP contribution in [0.25, 0.3) is 16.9 Å². The average Bonchev–Trinajstić information content (AvgIpc) is 3.62. The predicted molar refractivity (Wildman–Crippen MR) is 125 cm³/mol. The van der Waals surface area contributed by atoms with Gasteiger partial charge in [0.15, 0.2) is 0 Å². The summed E-state index contributed by atoms with van der Waals surface area (Å²) >= 11 is 0. The van der Waals surface area contributed by atoms with Crippen LogP contribution in [0.15, 0.2) is 67.3 Å². The molecule has 4 heterocycles. The number of rotatable bonds is 5. The number of carboxylic acid groups (broad SMARTS) is 1. The summed E-state index contributed by atoms with van der Waals surface area (Å²) in [6.07, 6.45) is 7.39. The Labute approximate surface area is 204 Å². The van der Waals surface area contributed by atoms with Gasteiger partial charge in [0, 0.05) is 31.3 Å². The Morgan fingerprint density at radius 2 is 1.83 bits per heavy atom. The molecular weight excluding hydrogens is 475 g/mol. The van der Waals surface area contributed by atoms with Crippen LogP contribution in [-0.2, 0) is 11.3 Å². The van der Waals surface area contributed by atoms with Gasteiger partial charge in [0.1, 0.15) is 5.69 Å². The van der Waals surface area contributed by atoms with Crippen LogP contribution in [0, 0.1) is 0 Å². The number of fused-ring (bicyclic) bond motifs is 1. The minimum Gasteiger partial charge on any atom is -0.475 e. The maximum atomic E-state index is 12.9. The molecule has 11 heteroatoms. The third kappa shape index (κ3) is 5.73. The topological polar surface area (TPSA) is 102 Å². The normalized spacial score (nSPS) is 13.9. The van der Waals surface area contributed by atoms with Crippen LogP contribution in [0.3, 0.4) is 0 Å². The van der Waals surface area contributed by atoms with E-state index in [2.05, 4.69) is 21.2 Å². The molecule has 0 spiro atoms. The molecule has 188 valence electrons. The lowest BCUT2D eigenvalue weighted by molar-refractivity contribution is -0.192. The molecule has 0 radical (unpaired) electrons. The van der Waals surface area contributed by atoms with Crippen LogP contribution < -0.4 is 5.32 Å². The summed E-state index contributed by atoms with van der Waals surface area (Å²) in [5.41, 5.74) is 4.33. The highest BCUT2D eigenvalue weighted by Crippen LogP contribution is 2.31. The quantitative estimate of drug-likeness (QED) is 0.408. The van der Waals surface area contributed by atoms with Crippen LogP contribution in [0.2, 0.25) is 0 Å². The second-order valence-electron chi connectivity index (χ2n) is 8.37. The summed E-state index contributed by atoms with van der Waals surface area (Å²) in [5.74, 6) is -2.86. The molecule has 4 aromatic rings. The molecule has 1 aliphatic rings. The van der Waals surface area contributed by atoms with Gasteiger partial charge >= 0.3 is 12.1 Å². The van der Waals surface area contributed by atoms with Crippen molar-refractivity contribution in [2.45, 2.75) is 44.4 Å². The molecule has 36 heavy (non-hydrogen) atoms. The number of nitrogens with zero attached hydrogens (tertiary/aromatic N) is 4. The summed E-state index contributed by atoms with van der Waals surface area (Å²) in [4.78, 5) is 25.9. The van der Waals surface area contributed by atoms with E-state index < -0.39 is 12.1 Å². The lowest BCUT2D eigenvalue weighted by Crippen LogP contribution is -2.22. The van der Waals surface area contributed by atoms with Crippen molar-refractivity contribution in [1.82, 2.24) is 24.5 Å². The van der Waals surface area contributed by atoms with Crippen molar-refractivity contribution in [3.05, 3.63) is 78.4 Å². The Bertz CT molecular complexity index is 1340. The molecule has 8 nitrogen and oxygen atoms in total. The van der Waals surface area contributed by atoms with Gasteiger partial charge in [-0.05, 0) is 48.7 Å². The summed E-state index contributed by atoms with van der Waals surface area (Å²) in [7, 11) is 0. The minimum atomic E-state index is -5.08. The highest BCUT2D eigenvalue weighted by molar-refractivity contribution is 6.02. The van der Waals surface area contributed by atoms with Crippen molar-refractivity contribution in [2.24, 2.45) is 0 Å². The number of hydrogen-bond acceptors (Lipinski definition) is 4.